The zero-order valence-corrected chi connectivity index (χ0v) is 46.2. The number of nitrogens with zero attached hydrogens (tertiary/aromatic N) is 8. The lowest BCUT2D eigenvalue weighted by Crippen LogP contribution is -2.39. The smallest absolute Gasteiger partial charge is 0.423 e. The SMILES string of the molecule is CC(=O)NC1CCC(Nc2nc(NCc3ccc(C4=CC=CC4)cc3)c3ncn(C(C)C)c3n2)CC1.CC(C)n1cnc2c(NCc3ccc(-c4cccs4)cc3)nc(NC3CCC(N)CC3)nc21.OB(O)c1cccs1. The van der Waals surface area contributed by atoms with Gasteiger partial charge in [0.15, 0.2) is 34.0 Å². The number of allylic oxidation sites excluding steroid dienone is 4. The Hall–Kier alpha value is -6.97. The van der Waals surface area contributed by atoms with Crippen LogP contribution in [0.15, 0.2) is 114 Å². The van der Waals surface area contributed by atoms with Crippen LogP contribution >= 0.6 is 22.7 Å². The fraction of sp³-hybridized carbons (Fsp3) is 0.386. The Bertz CT molecular complexity index is 3210. The van der Waals surface area contributed by atoms with E-state index in [1.807, 2.05) is 12.7 Å². The number of aromatic nitrogens is 8. The number of hydrogen-bond acceptors (Lipinski definition) is 16. The summed E-state index contributed by atoms with van der Waals surface area (Å²) in [6, 6.07) is 26.8. The van der Waals surface area contributed by atoms with Gasteiger partial charge in [-0.15, -0.1) is 11.3 Å². The van der Waals surface area contributed by atoms with Crippen LogP contribution in [0.3, 0.4) is 0 Å². The van der Waals surface area contributed by atoms with Gasteiger partial charge < -0.3 is 51.5 Å². The number of carbonyl (C=O) groups is 1. The predicted octanol–water partition coefficient (Wildman–Crippen LogP) is 10.1. The molecule has 8 aromatic rings. The quantitative estimate of drug-likeness (QED) is 0.0421. The second-order valence-electron chi connectivity index (χ2n) is 20.6. The van der Waals surface area contributed by atoms with Crippen LogP contribution in [0.2, 0.25) is 0 Å². The van der Waals surface area contributed by atoms with Crippen LogP contribution in [0.5, 0.6) is 0 Å². The molecule has 2 fully saturated rings. The third kappa shape index (κ3) is 14.5. The largest absolute Gasteiger partial charge is 0.499 e. The Morgan fingerprint density at radius 2 is 1.18 bits per heavy atom. The van der Waals surface area contributed by atoms with E-state index in [4.69, 9.17) is 35.7 Å². The van der Waals surface area contributed by atoms with Gasteiger partial charge in [0.2, 0.25) is 17.8 Å². The lowest BCUT2D eigenvalue weighted by molar-refractivity contribution is -0.119. The number of rotatable bonds is 16. The van der Waals surface area contributed by atoms with Gasteiger partial charge in [-0.1, -0.05) is 85.0 Å². The van der Waals surface area contributed by atoms with E-state index in [-0.39, 0.29) is 30.1 Å². The van der Waals surface area contributed by atoms with Crippen LogP contribution in [-0.4, -0.2) is 86.3 Å². The minimum absolute atomic E-state index is 0.0418. The average molecular weight is 1080 g/mol. The standard InChI is InChI=1S/C28H35N7O.C25H31N7S.C4H5BO2S/c1-18(2)35-17-30-25-26(29-16-20-8-10-22(11-9-20)21-6-4-5-7-21)33-28(34-27(25)35)32-24-14-12-23(13-15-24)31-19(3)36;1-16(2)32-15-28-22-23(27-14-17-5-7-18(8-6-17)21-4-3-13-33-21)30-25(31-24(22)32)29-20-11-9-19(26)10-12-20;6-5(7)4-2-1-3-8-4/h4-6,8-11,17-18,23-24H,7,12-16H2,1-3H3,(H,31,36)(H2,29,32,33,34);3-8,13,15-16,19-20H,9-12,14,26H2,1-2H3,(H2,27,29,30,31);1-3,6-7H. The summed E-state index contributed by atoms with van der Waals surface area (Å²) in [5.74, 6) is 2.81. The predicted molar refractivity (Wildman–Crippen MR) is 315 cm³/mol. The maximum absolute atomic E-state index is 11.4. The van der Waals surface area contributed by atoms with Crippen molar-refractivity contribution >= 4 is 91.9 Å². The zero-order valence-electron chi connectivity index (χ0n) is 44.6. The third-order valence-corrected chi connectivity index (χ3v) is 15.9. The molecule has 11 rings (SSSR count). The van der Waals surface area contributed by atoms with Crippen molar-refractivity contribution in [2.24, 2.45) is 5.73 Å². The van der Waals surface area contributed by atoms with E-state index in [0.717, 1.165) is 91.8 Å². The summed E-state index contributed by atoms with van der Waals surface area (Å²) >= 11 is 3.09. The summed E-state index contributed by atoms with van der Waals surface area (Å²) in [5, 5.41) is 38.0. The van der Waals surface area contributed by atoms with Crippen LogP contribution in [0, 0.1) is 0 Å². The van der Waals surface area contributed by atoms with Crippen LogP contribution < -0.4 is 37.1 Å². The van der Waals surface area contributed by atoms with E-state index >= 15 is 0 Å². The van der Waals surface area contributed by atoms with Crippen LogP contribution in [-0.2, 0) is 17.9 Å². The van der Waals surface area contributed by atoms with Crippen LogP contribution in [0.1, 0.15) is 121 Å². The minimum atomic E-state index is -1.30. The highest BCUT2D eigenvalue weighted by Crippen LogP contribution is 2.30. The van der Waals surface area contributed by atoms with Gasteiger partial charge >= 0.3 is 7.12 Å². The number of imidazole rings is 2. The van der Waals surface area contributed by atoms with Crippen molar-refractivity contribution < 1.29 is 14.8 Å². The molecule has 2 saturated carbocycles. The molecule has 77 heavy (non-hydrogen) atoms. The molecule has 0 spiro atoms. The van der Waals surface area contributed by atoms with Gasteiger partial charge in [-0.3, -0.25) is 4.79 Å². The summed E-state index contributed by atoms with van der Waals surface area (Å²) in [4.78, 5) is 41.3. The molecule has 0 atom stereocenters. The molecule has 3 aliphatic rings. The normalized spacial score (nSPS) is 18.1. The van der Waals surface area contributed by atoms with Gasteiger partial charge in [-0.05, 0) is 130 Å². The number of nitrogens with one attached hydrogen (secondary N) is 5. The van der Waals surface area contributed by atoms with E-state index in [1.54, 1.807) is 35.8 Å². The van der Waals surface area contributed by atoms with Crippen molar-refractivity contribution in [2.45, 2.75) is 142 Å². The zero-order chi connectivity index (χ0) is 53.8. The molecule has 402 valence electrons. The Kier molecular flexibility index (Phi) is 18.5. The molecular weight excluding hydrogens is 1000 g/mol. The molecular formula is C57H71BN14O3S2. The first kappa shape index (κ1) is 54.8. The Morgan fingerprint density at radius 1 is 0.675 bits per heavy atom. The molecule has 3 aliphatic carbocycles. The number of thiophene rings is 2. The van der Waals surface area contributed by atoms with E-state index in [2.05, 4.69) is 158 Å². The Morgan fingerprint density at radius 3 is 1.62 bits per heavy atom. The molecule has 9 N–H and O–H groups in total. The van der Waals surface area contributed by atoms with Gasteiger partial charge in [-0.25, -0.2) is 9.97 Å². The number of benzene rings is 2. The number of carbonyl (C=O) groups excluding carboxylic acids is 1. The van der Waals surface area contributed by atoms with E-state index in [9.17, 15) is 4.79 Å². The number of anilines is 4. The molecule has 0 unspecified atom stereocenters. The Labute approximate surface area is 459 Å². The number of fused-ring (bicyclic) bond motifs is 2. The molecule has 2 aromatic carbocycles. The highest BCUT2D eigenvalue weighted by molar-refractivity contribution is 7.20. The van der Waals surface area contributed by atoms with Crippen molar-refractivity contribution in [1.82, 2.24) is 44.4 Å². The molecule has 6 aromatic heterocycles. The van der Waals surface area contributed by atoms with Crippen molar-refractivity contribution in [3.63, 3.8) is 0 Å². The Balaban J connectivity index is 0.000000164. The number of nitrogens with two attached hydrogens (primary N) is 1. The summed E-state index contributed by atoms with van der Waals surface area (Å²) in [5.41, 5.74) is 15.6. The molecule has 1 amide bonds. The topological polar surface area (TPSA) is 231 Å². The monoisotopic (exact) mass is 1070 g/mol. The lowest BCUT2D eigenvalue weighted by atomic mass is 9.90. The fourth-order valence-electron chi connectivity index (χ4n) is 9.80. The summed E-state index contributed by atoms with van der Waals surface area (Å²) in [7, 11) is -1.30. The first-order valence-corrected chi connectivity index (χ1v) is 28.6. The maximum Gasteiger partial charge on any atom is 0.499 e. The van der Waals surface area contributed by atoms with E-state index in [0.29, 0.717) is 41.8 Å². The maximum atomic E-state index is 11.4. The third-order valence-electron chi connectivity index (χ3n) is 14.1. The molecule has 20 heteroatoms. The van der Waals surface area contributed by atoms with E-state index < -0.39 is 7.12 Å². The van der Waals surface area contributed by atoms with Gasteiger partial charge in [0.25, 0.3) is 0 Å². The molecule has 0 aliphatic heterocycles. The highest BCUT2D eigenvalue weighted by atomic mass is 32.1. The van der Waals surface area contributed by atoms with Crippen LogP contribution in [0.4, 0.5) is 23.5 Å². The number of amides is 1. The fourth-order valence-corrected chi connectivity index (χ4v) is 11.1. The van der Waals surface area contributed by atoms with Crippen molar-refractivity contribution in [3.05, 3.63) is 131 Å². The molecule has 6 heterocycles. The molecule has 0 saturated heterocycles. The van der Waals surface area contributed by atoms with Crippen molar-refractivity contribution in [1.29, 1.82) is 0 Å². The number of hydrogen-bond donors (Lipinski definition) is 8. The van der Waals surface area contributed by atoms with Gasteiger partial charge in [0.1, 0.15) is 0 Å². The first-order chi connectivity index (χ1) is 37.3. The van der Waals surface area contributed by atoms with Gasteiger partial charge in [-0.2, -0.15) is 31.3 Å². The molecule has 0 bridgehead atoms. The van der Waals surface area contributed by atoms with Gasteiger partial charge in [0, 0.05) is 65.9 Å². The van der Waals surface area contributed by atoms with Gasteiger partial charge in [0.05, 0.1) is 12.7 Å². The highest BCUT2D eigenvalue weighted by Gasteiger charge is 2.25. The minimum Gasteiger partial charge on any atom is -0.423 e. The van der Waals surface area contributed by atoms with Crippen LogP contribution in [0.25, 0.3) is 38.3 Å². The van der Waals surface area contributed by atoms with Crippen molar-refractivity contribution in [2.75, 3.05) is 21.3 Å². The first-order valence-electron chi connectivity index (χ1n) is 26.8. The summed E-state index contributed by atoms with van der Waals surface area (Å²) < 4.78 is 4.77. The molecule has 17 nitrogen and oxygen atoms in total. The lowest BCUT2D eigenvalue weighted by Gasteiger charge is -2.29. The summed E-state index contributed by atoms with van der Waals surface area (Å²) in [6.45, 7) is 11.4. The second kappa shape index (κ2) is 25.9. The average Bonchev–Trinajstić information content (AvgIpc) is 4.31. The van der Waals surface area contributed by atoms with Crippen molar-refractivity contribution in [3.8, 4) is 10.4 Å². The van der Waals surface area contributed by atoms with E-state index in [1.165, 1.54) is 44.0 Å². The summed E-state index contributed by atoms with van der Waals surface area (Å²) in [6.07, 6.45) is 19.2. The second-order valence-corrected chi connectivity index (χ2v) is 22.5. The molecule has 0 radical (unpaired) electrons.